The van der Waals surface area contributed by atoms with Crippen molar-refractivity contribution in [3.8, 4) is 22.8 Å². The van der Waals surface area contributed by atoms with Gasteiger partial charge in [-0.05, 0) is 30.3 Å². The number of halogens is 1. The van der Waals surface area contributed by atoms with Gasteiger partial charge in [0.05, 0.1) is 24.0 Å². The average Bonchev–Trinajstić information content (AvgIpc) is 3.27. The maximum absolute atomic E-state index is 14.5. The highest BCUT2D eigenvalue weighted by atomic mass is 32.2. The van der Waals surface area contributed by atoms with Crippen molar-refractivity contribution in [1.29, 1.82) is 0 Å². The second-order valence-electron chi connectivity index (χ2n) is 7.54. The molecule has 0 saturated carbocycles. The molecule has 0 unspecified atom stereocenters. The highest BCUT2D eigenvalue weighted by molar-refractivity contribution is 7.99. The Morgan fingerprint density at radius 1 is 1.03 bits per heavy atom. The molecule has 1 aliphatic heterocycles. The Morgan fingerprint density at radius 3 is 2.64 bits per heavy atom. The number of ether oxygens (including phenoxy) is 1. The first-order valence-electron chi connectivity index (χ1n) is 10.6. The molecule has 5 rings (SSSR count). The number of carbonyl (C=O) groups excluding carboxylic acids is 1. The zero-order valence-corrected chi connectivity index (χ0v) is 18.5. The van der Waals surface area contributed by atoms with Crippen LogP contribution < -0.4 is 10.1 Å². The number of fused-ring (bicyclic) bond motifs is 1. The van der Waals surface area contributed by atoms with E-state index in [0.29, 0.717) is 29.6 Å². The predicted octanol–water partition coefficient (Wildman–Crippen LogP) is 4.81. The second-order valence-corrected chi connectivity index (χ2v) is 8.48. The number of hydrogen-bond donors (Lipinski definition) is 1. The summed E-state index contributed by atoms with van der Waals surface area (Å²) in [5.41, 5.74) is 2.13. The number of hydrogen-bond acceptors (Lipinski definition) is 5. The fourth-order valence-corrected chi connectivity index (χ4v) is 4.61. The molecule has 1 aliphatic rings. The van der Waals surface area contributed by atoms with E-state index >= 15 is 0 Å². The first-order chi connectivity index (χ1) is 16.2. The van der Waals surface area contributed by atoms with Crippen molar-refractivity contribution in [3.05, 3.63) is 90.2 Å². The van der Waals surface area contributed by atoms with Gasteiger partial charge in [0.25, 0.3) is 0 Å². The Morgan fingerprint density at radius 2 is 1.79 bits per heavy atom. The van der Waals surface area contributed by atoms with Gasteiger partial charge in [-0.3, -0.25) is 9.36 Å². The molecule has 8 heteroatoms. The zero-order valence-electron chi connectivity index (χ0n) is 17.6. The van der Waals surface area contributed by atoms with Crippen molar-refractivity contribution in [1.82, 2.24) is 20.1 Å². The number of thioether (sulfide) groups is 1. The van der Waals surface area contributed by atoms with Crippen LogP contribution in [0.25, 0.3) is 17.1 Å². The molecule has 4 aromatic rings. The second kappa shape index (κ2) is 9.46. The van der Waals surface area contributed by atoms with E-state index in [0.717, 1.165) is 17.0 Å². The lowest BCUT2D eigenvalue weighted by Gasteiger charge is -2.26. The van der Waals surface area contributed by atoms with Gasteiger partial charge in [-0.15, -0.1) is 10.2 Å². The van der Waals surface area contributed by atoms with Crippen molar-refractivity contribution in [3.63, 3.8) is 0 Å². The molecule has 0 aliphatic carbocycles. The standard InChI is InChI=1S/C25H21FN4O2S/c26-20-12-6-4-10-18(20)24-28-29-25(30(24)17-8-2-1-3-9-17)33-16-23(31)27-21-14-15-32-22-13-7-5-11-19(21)22/h1-13,21H,14-16H2,(H,27,31)/t21-/m1/s1. The molecule has 2 heterocycles. The molecule has 1 aromatic heterocycles. The van der Waals surface area contributed by atoms with E-state index < -0.39 is 0 Å². The van der Waals surface area contributed by atoms with Crippen LogP contribution in [0.2, 0.25) is 0 Å². The van der Waals surface area contributed by atoms with Crippen LogP contribution in [0.1, 0.15) is 18.0 Å². The van der Waals surface area contributed by atoms with Crippen LogP contribution >= 0.6 is 11.8 Å². The summed E-state index contributed by atoms with van der Waals surface area (Å²) in [4.78, 5) is 12.8. The number of aromatic nitrogens is 3. The summed E-state index contributed by atoms with van der Waals surface area (Å²) in [5.74, 6) is 0.855. The van der Waals surface area contributed by atoms with Gasteiger partial charge in [0.1, 0.15) is 11.6 Å². The summed E-state index contributed by atoms with van der Waals surface area (Å²) < 4.78 is 22.0. The highest BCUT2D eigenvalue weighted by Gasteiger charge is 2.24. The summed E-state index contributed by atoms with van der Waals surface area (Å²) >= 11 is 1.26. The summed E-state index contributed by atoms with van der Waals surface area (Å²) in [6.07, 6.45) is 0.713. The van der Waals surface area contributed by atoms with E-state index in [9.17, 15) is 9.18 Å². The van der Waals surface area contributed by atoms with Crippen LogP contribution in [-0.2, 0) is 4.79 Å². The van der Waals surface area contributed by atoms with Crippen LogP contribution in [0.15, 0.2) is 84.0 Å². The molecule has 0 radical (unpaired) electrons. The Balaban J connectivity index is 1.37. The first kappa shape index (κ1) is 21.2. The fourth-order valence-electron chi connectivity index (χ4n) is 3.85. The minimum atomic E-state index is -0.380. The Bertz CT molecular complexity index is 1280. The third-order valence-corrected chi connectivity index (χ3v) is 6.32. The van der Waals surface area contributed by atoms with Gasteiger partial charge in [0.15, 0.2) is 11.0 Å². The third-order valence-electron chi connectivity index (χ3n) is 5.39. The van der Waals surface area contributed by atoms with Crippen LogP contribution in [0.5, 0.6) is 5.75 Å². The lowest BCUT2D eigenvalue weighted by Crippen LogP contribution is -2.33. The topological polar surface area (TPSA) is 69.0 Å². The van der Waals surface area contributed by atoms with Gasteiger partial charge < -0.3 is 10.1 Å². The predicted molar refractivity (Wildman–Crippen MR) is 125 cm³/mol. The lowest BCUT2D eigenvalue weighted by atomic mass is 10.0. The molecule has 6 nitrogen and oxygen atoms in total. The minimum absolute atomic E-state index is 0.0935. The molecule has 1 amide bonds. The van der Waals surface area contributed by atoms with Crippen molar-refractivity contribution < 1.29 is 13.9 Å². The van der Waals surface area contributed by atoms with Crippen molar-refractivity contribution in [2.24, 2.45) is 0 Å². The monoisotopic (exact) mass is 460 g/mol. The van der Waals surface area contributed by atoms with Crippen molar-refractivity contribution in [2.75, 3.05) is 12.4 Å². The molecule has 3 aromatic carbocycles. The van der Waals surface area contributed by atoms with Crippen LogP contribution in [0, 0.1) is 5.82 Å². The number of nitrogens with zero attached hydrogens (tertiary/aromatic N) is 3. The van der Waals surface area contributed by atoms with E-state index in [2.05, 4.69) is 15.5 Å². The van der Waals surface area contributed by atoms with Crippen LogP contribution in [0.4, 0.5) is 4.39 Å². The van der Waals surface area contributed by atoms with Crippen LogP contribution in [0.3, 0.4) is 0 Å². The molecule has 1 atom stereocenters. The molecule has 0 spiro atoms. The van der Waals surface area contributed by atoms with E-state index in [1.807, 2.05) is 54.6 Å². The lowest BCUT2D eigenvalue weighted by molar-refractivity contribution is -0.119. The zero-order chi connectivity index (χ0) is 22.6. The fraction of sp³-hybridized carbons (Fsp3) is 0.160. The number of carbonyl (C=O) groups is 1. The van der Waals surface area contributed by atoms with Gasteiger partial charge in [-0.25, -0.2) is 4.39 Å². The molecular weight excluding hydrogens is 439 g/mol. The molecule has 0 saturated heterocycles. The van der Waals surface area contributed by atoms with Gasteiger partial charge in [0.2, 0.25) is 5.91 Å². The molecular formula is C25H21FN4O2S. The van der Waals surface area contributed by atoms with E-state index in [1.54, 1.807) is 22.8 Å². The quantitative estimate of drug-likeness (QED) is 0.419. The molecule has 0 fully saturated rings. The van der Waals surface area contributed by atoms with E-state index in [4.69, 9.17) is 4.74 Å². The molecule has 166 valence electrons. The van der Waals surface area contributed by atoms with Gasteiger partial charge >= 0.3 is 0 Å². The summed E-state index contributed by atoms with van der Waals surface area (Å²) in [7, 11) is 0. The van der Waals surface area contributed by atoms with E-state index in [-0.39, 0.29) is 23.5 Å². The van der Waals surface area contributed by atoms with Gasteiger partial charge in [-0.2, -0.15) is 0 Å². The first-order valence-corrected chi connectivity index (χ1v) is 11.6. The SMILES string of the molecule is O=C(CSc1nnc(-c2ccccc2F)n1-c1ccccc1)N[C@@H]1CCOc2ccccc21. The van der Waals surface area contributed by atoms with Gasteiger partial charge in [-0.1, -0.05) is 60.3 Å². The Hall–Kier alpha value is -3.65. The Kier molecular flexibility index (Phi) is 6.08. The highest BCUT2D eigenvalue weighted by Crippen LogP contribution is 2.32. The Labute approximate surface area is 194 Å². The van der Waals surface area contributed by atoms with Crippen molar-refractivity contribution >= 4 is 17.7 Å². The number of para-hydroxylation sites is 2. The molecule has 0 bridgehead atoms. The largest absolute Gasteiger partial charge is 0.493 e. The number of nitrogens with one attached hydrogen (secondary N) is 1. The number of rotatable bonds is 6. The molecule has 33 heavy (non-hydrogen) atoms. The smallest absolute Gasteiger partial charge is 0.230 e. The maximum atomic E-state index is 14.5. The van der Waals surface area contributed by atoms with Gasteiger partial charge in [0, 0.05) is 17.7 Å². The van der Waals surface area contributed by atoms with E-state index in [1.165, 1.54) is 17.8 Å². The maximum Gasteiger partial charge on any atom is 0.230 e. The normalized spacial score (nSPS) is 14.9. The average molecular weight is 461 g/mol. The number of benzene rings is 3. The van der Waals surface area contributed by atoms with Crippen LogP contribution in [-0.4, -0.2) is 33.0 Å². The van der Waals surface area contributed by atoms with Crippen molar-refractivity contribution in [2.45, 2.75) is 17.6 Å². The minimum Gasteiger partial charge on any atom is -0.493 e. The summed E-state index contributed by atoms with van der Waals surface area (Å²) in [5, 5.41) is 12.1. The summed E-state index contributed by atoms with van der Waals surface area (Å²) in [6.45, 7) is 0.559. The summed E-state index contributed by atoms with van der Waals surface area (Å²) in [6, 6.07) is 23.6. The molecule has 1 N–H and O–H groups in total. The number of amides is 1. The third kappa shape index (κ3) is 4.47.